The van der Waals surface area contributed by atoms with Gasteiger partial charge in [0, 0.05) is 32.0 Å². The van der Waals surface area contributed by atoms with Crippen LogP contribution in [-0.4, -0.2) is 42.5 Å². The molecule has 5 nitrogen and oxygen atoms in total. The molecule has 140 valence electrons. The Morgan fingerprint density at radius 2 is 2.08 bits per heavy atom. The Morgan fingerprint density at radius 3 is 2.81 bits per heavy atom. The topological polar surface area (TPSA) is 58.6 Å². The summed E-state index contributed by atoms with van der Waals surface area (Å²) >= 11 is 0. The summed E-state index contributed by atoms with van der Waals surface area (Å²) in [4.78, 5) is 25.9. The van der Waals surface area contributed by atoms with E-state index < -0.39 is 0 Å². The summed E-state index contributed by atoms with van der Waals surface area (Å²) in [5, 5.41) is 2.95. The molecule has 1 aromatic carbocycles. The van der Waals surface area contributed by atoms with E-state index in [1.165, 1.54) is 17.2 Å². The summed E-state index contributed by atoms with van der Waals surface area (Å²) in [6, 6.07) is 6.72. The van der Waals surface area contributed by atoms with Gasteiger partial charge < -0.3 is 15.0 Å². The molecular weight excluding hydrogens is 328 g/mol. The lowest BCUT2D eigenvalue weighted by molar-refractivity contribution is -0.132. The highest BCUT2D eigenvalue weighted by molar-refractivity contribution is 5.87. The van der Waals surface area contributed by atoms with E-state index >= 15 is 0 Å². The van der Waals surface area contributed by atoms with E-state index in [9.17, 15) is 9.59 Å². The average Bonchev–Trinajstić information content (AvgIpc) is 3.13. The number of nitrogens with zero attached hydrogens (tertiary/aromatic N) is 1. The molecule has 0 saturated heterocycles. The lowest BCUT2D eigenvalue weighted by Crippen LogP contribution is -2.44. The van der Waals surface area contributed by atoms with E-state index in [4.69, 9.17) is 4.74 Å². The standard InChI is InChI=1S/C21H28N2O3/c1-3-20(24)22-17-6-8-18(9-7-17)23(2)21(25)11-5-15-4-10-19-16(14-15)12-13-26-19/h3-4,10,14,17-18H,1,5-9,11-13H2,2H3,(H,22,24). The van der Waals surface area contributed by atoms with Crippen LogP contribution in [0, 0.1) is 0 Å². The molecule has 0 aromatic heterocycles. The van der Waals surface area contributed by atoms with Crippen LogP contribution in [0.3, 0.4) is 0 Å². The normalized spacial score (nSPS) is 21.4. The quantitative estimate of drug-likeness (QED) is 0.797. The Balaban J connectivity index is 1.45. The number of benzene rings is 1. The summed E-state index contributed by atoms with van der Waals surface area (Å²) in [6.07, 6.45) is 7.25. The Labute approximate surface area is 155 Å². The Bertz CT molecular complexity index is 678. The summed E-state index contributed by atoms with van der Waals surface area (Å²) in [5.41, 5.74) is 2.45. The van der Waals surface area contributed by atoms with Crippen LogP contribution in [0.25, 0.3) is 0 Å². The van der Waals surface area contributed by atoms with Crippen molar-refractivity contribution in [1.82, 2.24) is 10.2 Å². The maximum absolute atomic E-state index is 12.6. The lowest BCUT2D eigenvalue weighted by atomic mass is 9.90. The van der Waals surface area contributed by atoms with Gasteiger partial charge in [-0.3, -0.25) is 9.59 Å². The van der Waals surface area contributed by atoms with Crippen LogP contribution in [-0.2, 0) is 22.4 Å². The highest BCUT2D eigenvalue weighted by Crippen LogP contribution is 2.27. The number of carbonyl (C=O) groups is 2. The van der Waals surface area contributed by atoms with Crippen molar-refractivity contribution in [2.75, 3.05) is 13.7 Å². The highest BCUT2D eigenvalue weighted by atomic mass is 16.5. The monoisotopic (exact) mass is 356 g/mol. The first kappa shape index (κ1) is 18.5. The third kappa shape index (κ3) is 4.45. The van der Waals surface area contributed by atoms with Crippen LogP contribution in [0.2, 0.25) is 0 Å². The van der Waals surface area contributed by atoms with Gasteiger partial charge in [0.25, 0.3) is 0 Å². The van der Waals surface area contributed by atoms with Gasteiger partial charge in [-0.25, -0.2) is 0 Å². The van der Waals surface area contributed by atoms with Gasteiger partial charge in [-0.2, -0.15) is 0 Å². The molecule has 1 heterocycles. The minimum Gasteiger partial charge on any atom is -0.493 e. The van der Waals surface area contributed by atoms with Gasteiger partial charge in [0.15, 0.2) is 0 Å². The summed E-state index contributed by atoms with van der Waals surface area (Å²) in [5.74, 6) is 1.07. The number of nitrogens with one attached hydrogen (secondary N) is 1. The summed E-state index contributed by atoms with van der Waals surface area (Å²) in [6.45, 7) is 4.25. The van der Waals surface area contributed by atoms with E-state index in [0.717, 1.165) is 50.9 Å². The second kappa shape index (κ2) is 8.39. The van der Waals surface area contributed by atoms with Crippen LogP contribution < -0.4 is 10.1 Å². The molecular formula is C21H28N2O3. The zero-order valence-corrected chi connectivity index (χ0v) is 15.5. The van der Waals surface area contributed by atoms with Crippen LogP contribution in [0.15, 0.2) is 30.9 Å². The minimum atomic E-state index is -0.113. The first-order valence-electron chi connectivity index (χ1n) is 9.50. The second-order valence-electron chi connectivity index (χ2n) is 7.26. The Kier molecular flexibility index (Phi) is 5.96. The molecule has 0 atom stereocenters. The number of hydrogen-bond donors (Lipinski definition) is 1. The van der Waals surface area contributed by atoms with Crippen LogP contribution in [0.4, 0.5) is 0 Å². The molecule has 0 unspecified atom stereocenters. The number of amides is 2. The van der Waals surface area contributed by atoms with Gasteiger partial charge in [0.2, 0.25) is 11.8 Å². The number of carbonyl (C=O) groups excluding carboxylic acids is 2. The molecule has 1 saturated carbocycles. The van der Waals surface area contributed by atoms with Crippen molar-refractivity contribution in [3.05, 3.63) is 42.0 Å². The fourth-order valence-electron chi connectivity index (χ4n) is 3.89. The number of rotatable bonds is 6. The SMILES string of the molecule is C=CC(=O)NC1CCC(N(C)C(=O)CCc2ccc3c(c2)CCO3)CC1. The molecule has 1 fully saturated rings. The number of aryl methyl sites for hydroxylation is 1. The van der Waals surface area contributed by atoms with E-state index in [1.54, 1.807) is 0 Å². The van der Waals surface area contributed by atoms with Crippen molar-refractivity contribution in [1.29, 1.82) is 0 Å². The fourth-order valence-corrected chi connectivity index (χ4v) is 3.89. The summed E-state index contributed by atoms with van der Waals surface area (Å²) in [7, 11) is 1.91. The molecule has 1 aliphatic heterocycles. The number of hydrogen-bond acceptors (Lipinski definition) is 3. The molecule has 2 aliphatic rings. The molecule has 1 aromatic rings. The third-order valence-electron chi connectivity index (χ3n) is 5.55. The molecule has 1 aliphatic carbocycles. The van der Waals surface area contributed by atoms with Gasteiger partial charge in [0.05, 0.1) is 6.61 Å². The van der Waals surface area contributed by atoms with Gasteiger partial charge >= 0.3 is 0 Å². The molecule has 3 rings (SSSR count). The lowest BCUT2D eigenvalue weighted by Gasteiger charge is -2.35. The van der Waals surface area contributed by atoms with Crippen molar-refractivity contribution in [2.24, 2.45) is 0 Å². The average molecular weight is 356 g/mol. The Hall–Kier alpha value is -2.30. The number of ether oxygens (including phenoxy) is 1. The van der Waals surface area contributed by atoms with E-state index in [-0.39, 0.29) is 23.9 Å². The van der Waals surface area contributed by atoms with Crippen molar-refractivity contribution >= 4 is 11.8 Å². The van der Waals surface area contributed by atoms with Crippen molar-refractivity contribution in [3.8, 4) is 5.75 Å². The highest BCUT2D eigenvalue weighted by Gasteiger charge is 2.26. The predicted octanol–water partition coefficient (Wildman–Crippen LogP) is 2.63. The third-order valence-corrected chi connectivity index (χ3v) is 5.55. The molecule has 0 bridgehead atoms. The smallest absolute Gasteiger partial charge is 0.243 e. The summed E-state index contributed by atoms with van der Waals surface area (Å²) < 4.78 is 5.53. The fraction of sp³-hybridized carbons (Fsp3) is 0.524. The first-order valence-corrected chi connectivity index (χ1v) is 9.50. The van der Waals surface area contributed by atoms with Crippen LogP contribution in [0.1, 0.15) is 43.2 Å². The van der Waals surface area contributed by atoms with Gasteiger partial charge in [0.1, 0.15) is 5.75 Å². The molecule has 0 spiro atoms. The Morgan fingerprint density at radius 1 is 1.31 bits per heavy atom. The van der Waals surface area contributed by atoms with E-state index in [0.29, 0.717) is 6.42 Å². The minimum absolute atomic E-state index is 0.113. The molecule has 0 radical (unpaired) electrons. The zero-order chi connectivity index (χ0) is 18.5. The van der Waals surface area contributed by atoms with Gasteiger partial charge in [-0.1, -0.05) is 18.7 Å². The maximum Gasteiger partial charge on any atom is 0.243 e. The number of fused-ring (bicyclic) bond motifs is 1. The van der Waals surface area contributed by atoms with Crippen LogP contribution in [0.5, 0.6) is 5.75 Å². The van der Waals surface area contributed by atoms with E-state index in [1.807, 2.05) is 18.0 Å². The largest absolute Gasteiger partial charge is 0.493 e. The maximum atomic E-state index is 12.6. The van der Waals surface area contributed by atoms with Gasteiger partial charge in [-0.05, 0) is 55.4 Å². The second-order valence-corrected chi connectivity index (χ2v) is 7.26. The van der Waals surface area contributed by atoms with E-state index in [2.05, 4.69) is 24.0 Å². The van der Waals surface area contributed by atoms with Crippen molar-refractivity contribution in [3.63, 3.8) is 0 Å². The van der Waals surface area contributed by atoms with Crippen molar-refractivity contribution < 1.29 is 14.3 Å². The van der Waals surface area contributed by atoms with Crippen LogP contribution >= 0.6 is 0 Å². The molecule has 5 heteroatoms. The molecule has 1 N–H and O–H groups in total. The molecule has 26 heavy (non-hydrogen) atoms. The molecule has 2 amide bonds. The first-order chi connectivity index (χ1) is 12.6. The zero-order valence-electron chi connectivity index (χ0n) is 15.5. The van der Waals surface area contributed by atoms with Crippen molar-refractivity contribution in [2.45, 2.75) is 57.0 Å². The predicted molar refractivity (Wildman–Crippen MR) is 101 cm³/mol. The van der Waals surface area contributed by atoms with Gasteiger partial charge in [-0.15, -0.1) is 0 Å².